The number of carbonyl (C=O) groups excluding carboxylic acids is 2. The van der Waals surface area contributed by atoms with Gasteiger partial charge >= 0.3 is 11.9 Å². The van der Waals surface area contributed by atoms with E-state index >= 15 is 0 Å². The first-order valence-electron chi connectivity index (χ1n) is 7.48. The Morgan fingerprint density at radius 1 is 0.920 bits per heavy atom. The molecule has 7 nitrogen and oxygen atoms in total. The first-order chi connectivity index (χ1) is 11.5. The number of pyridine rings is 2. The summed E-state index contributed by atoms with van der Waals surface area (Å²) in [5.74, 6) is -0.480. The molecule has 7 heteroatoms. The molecular formula is C18H25N3O4. The van der Waals surface area contributed by atoms with Crippen molar-refractivity contribution in [1.82, 2.24) is 9.97 Å². The minimum Gasteiger partial charge on any atom is -0.461 e. The van der Waals surface area contributed by atoms with Crippen LogP contribution in [0.4, 0.5) is 5.82 Å². The van der Waals surface area contributed by atoms with E-state index in [9.17, 15) is 9.59 Å². The minimum atomic E-state index is -0.440. The van der Waals surface area contributed by atoms with Gasteiger partial charge in [-0.2, -0.15) is 0 Å². The lowest BCUT2D eigenvalue weighted by molar-refractivity contribution is 0.0510. The monoisotopic (exact) mass is 347 g/mol. The number of hydrogen-bond donors (Lipinski definition) is 1. The smallest absolute Gasteiger partial charge is 0.356 e. The van der Waals surface area contributed by atoms with E-state index in [1.807, 2.05) is 13.0 Å². The molecule has 0 spiro atoms. The highest BCUT2D eigenvalue weighted by molar-refractivity contribution is 5.87. The van der Waals surface area contributed by atoms with E-state index in [1.54, 1.807) is 44.2 Å². The van der Waals surface area contributed by atoms with Crippen molar-refractivity contribution >= 4 is 17.8 Å². The standard InChI is InChI=1S/C9H11NO2.C8H10N2O2.CH4/c1-3-12-9(11)8-6-4-5-7(2)10-8;1-2-12-8(11)6-4-3-5-7(9)10-6;/h4-6H,3H2,1-2H3;3-5H,2H2,1H3,(H2,9,10);1H4. The fraction of sp³-hybridized carbons (Fsp3) is 0.333. The highest BCUT2D eigenvalue weighted by Gasteiger charge is 2.07. The molecule has 0 aliphatic rings. The van der Waals surface area contributed by atoms with E-state index in [4.69, 9.17) is 15.2 Å². The summed E-state index contributed by atoms with van der Waals surface area (Å²) in [5, 5.41) is 0. The Balaban J connectivity index is 0.000000443. The number of nitrogens with zero attached hydrogens (tertiary/aromatic N) is 2. The van der Waals surface area contributed by atoms with Crippen LogP contribution in [0.15, 0.2) is 36.4 Å². The van der Waals surface area contributed by atoms with Crippen LogP contribution in [0.25, 0.3) is 0 Å². The average Bonchev–Trinajstić information content (AvgIpc) is 2.56. The fourth-order valence-electron chi connectivity index (χ4n) is 1.63. The molecule has 0 bridgehead atoms. The quantitative estimate of drug-likeness (QED) is 0.847. The Bertz CT molecular complexity index is 630. The molecule has 2 N–H and O–H groups in total. The summed E-state index contributed by atoms with van der Waals surface area (Å²) < 4.78 is 9.51. The molecule has 2 heterocycles. The maximum atomic E-state index is 11.1. The third-order valence-electron chi connectivity index (χ3n) is 2.63. The highest BCUT2D eigenvalue weighted by atomic mass is 16.5. The van der Waals surface area contributed by atoms with E-state index in [-0.39, 0.29) is 19.1 Å². The number of esters is 2. The van der Waals surface area contributed by atoms with Crippen molar-refractivity contribution in [2.75, 3.05) is 18.9 Å². The average molecular weight is 347 g/mol. The van der Waals surface area contributed by atoms with Gasteiger partial charge < -0.3 is 15.2 Å². The third kappa shape index (κ3) is 7.92. The number of carbonyl (C=O) groups is 2. The van der Waals surface area contributed by atoms with Gasteiger partial charge in [-0.05, 0) is 45.0 Å². The van der Waals surface area contributed by atoms with Crippen molar-refractivity contribution in [2.45, 2.75) is 28.2 Å². The maximum absolute atomic E-state index is 11.1. The number of hydrogen-bond acceptors (Lipinski definition) is 7. The SMILES string of the molecule is C.CCOC(=O)c1cccc(C)n1.CCOC(=O)c1cccc(N)n1. The first-order valence-corrected chi connectivity index (χ1v) is 7.48. The van der Waals surface area contributed by atoms with Gasteiger partial charge in [0.05, 0.1) is 13.2 Å². The molecule has 0 fully saturated rings. The number of nitrogens with two attached hydrogens (primary N) is 1. The summed E-state index contributed by atoms with van der Waals surface area (Å²) in [4.78, 5) is 30.0. The van der Waals surface area contributed by atoms with Crippen molar-refractivity contribution in [1.29, 1.82) is 0 Å². The van der Waals surface area contributed by atoms with Crippen LogP contribution in [-0.2, 0) is 9.47 Å². The van der Waals surface area contributed by atoms with Crippen molar-refractivity contribution in [3.8, 4) is 0 Å². The second kappa shape index (κ2) is 11.6. The van der Waals surface area contributed by atoms with Crippen LogP contribution < -0.4 is 5.73 Å². The van der Waals surface area contributed by atoms with Gasteiger partial charge in [0.25, 0.3) is 0 Å². The fourth-order valence-corrected chi connectivity index (χ4v) is 1.63. The third-order valence-corrected chi connectivity index (χ3v) is 2.63. The Morgan fingerprint density at radius 3 is 1.84 bits per heavy atom. The van der Waals surface area contributed by atoms with E-state index in [0.717, 1.165) is 5.69 Å². The van der Waals surface area contributed by atoms with Gasteiger partial charge in [0.15, 0.2) is 5.69 Å². The molecule has 0 atom stereocenters. The molecule has 2 aromatic rings. The van der Waals surface area contributed by atoms with Crippen LogP contribution >= 0.6 is 0 Å². The summed E-state index contributed by atoms with van der Waals surface area (Å²) in [6.45, 7) is 6.07. The molecule has 2 rings (SSSR count). The summed E-state index contributed by atoms with van der Waals surface area (Å²) in [7, 11) is 0. The molecule has 0 aromatic carbocycles. The second-order valence-electron chi connectivity index (χ2n) is 4.55. The van der Waals surface area contributed by atoms with Crippen LogP contribution in [0.3, 0.4) is 0 Å². The van der Waals surface area contributed by atoms with E-state index in [0.29, 0.717) is 24.7 Å². The lowest BCUT2D eigenvalue weighted by atomic mass is 10.3. The number of aromatic nitrogens is 2. The van der Waals surface area contributed by atoms with Gasteiger partial charge in [0.1, 0.15) is 11.5 Å². The van der Waals surface area contributed by atoms with Gasteiger partial charge in [-0.15, -0.1) is 0 Å². The first kappa shape index (κ1) is 22.0. The summed E-state index contributed by atoms with van der Waals surface area (Å²) >= 11 is 0. The molecule has 0 unspecified atom stereocenters. The normalized spacial score (nSPS) is 9.08. The van der Waals surface area contributed by atoms with Crippen LogP contribution in [0.2, 0.25) is 0 Å². The molecule has 136 valence electrons. The van der Waals surface area contributed by atoms with Crippen molar-refractivity contribution in [3.63, 3.8) is 0 Å². The summed E-state index contributed by atoms with van der Waals surface area (Å²) in [5.41, 5.74) is 6.81. The Morgan fingerprint density at radius 2 is 1.40 bits per heavy atom. The maximum Gasteiger partial charge on any atom is 0.356 e. The molecule has 0 aliphatic heterocycles. The van der Waals surface area contributed by atoms with Gasteiger partial charge in [-0.25, -0.2) is 19.6 Å². The zero-order valence-electron chi connectivity index (χ0n) is 14.0. The van der Waals surface area contributed by atoms with Crippen molar-refractivity contribution in [3.05, 3.63) is 53.5 Å². The van der Waals surface area contributed by atoms with Gasteiger partial charge in [-0.1, -0.05) is 19.6 Å². The Labute approximate surface area is 148 Å². The molecule has 0 aliphatic carbocycles. The number of aryl methyl sites for hydroxylation is 1. The predicted octanol–water partition coefficient (Wildman–Crippen LogP) is 3.04. The largest absolute Gasteiger partial charge is 0.461 e. The lowest BCUT2D eigenvalue weighted by Crippen LogP contribution is -2.07. The molecule has 2 aromatic heterocycles. The zero-order chi connectivity index (χ0) is 17.9. The van der Waals surface area contributed by atoms with E-state index < -0.39 is 5.97 Å². The van der Waals surface area contributed by atoms with Crippen molar-refractivity contribution < 1.29 is 19.1 Å². The zero-order valence-corrected chi connectivity index (χ0v) is 14.0. The number of ether oxygens (including phenoxy) is 2. The van der Waals surface area contributed by atoms with Crippen LogP contribution in [0.5, 0.6) is 0 Å². The van der Waals surface area contributed by atoms with Gasteiger partial charge in [-0.3, -0.25) is 0 Å². The topological polar surface area (TPSA) is 104 Å². The van der Waals surface area contributed by atoms with Crippen LogP contribution in [-0.4, -0.2) is 35.1 Å². The molecular weight excluding hydrogens is 322 g/mol. The molecule has 0 radical (unpaired) electrons. The van der Waals surface area contributed by atoms with Crippen LogP contribution in [0.1, 0.15) is 47.9 Å². The molecule has 0 amide bonds. The Hall–Kier alpha value is -2.96. The van der Waals surface area contributed by atoms with Crippen LogP contribution in [0, 0.1) is 6.92 Å². The number of anilines is 1. The van der Waals surface area contributed by atoms with E-state index in [2.05, 4.69) is 9.97 Å². The van der Waals surface area contributed by atoms with Gasteiger partial charge in [0.2, 0.25) is 0 Å². The Kier molecular flexibility index (Phi) is 10.2. The van der Waals surface area contributed by atoms with Gasteiger partial charge in [0, 0.05) is 5.69 Å². The molecule has 0 saturated carbocycles. The second-order valence-corrected chi connectivity index (χ2v) is 4.55. The van der Waals surface area contributed by atoms with E-state index in [1.165, 1.54) is 0 Å². The minimum absolute atomic E-state index is 0. The summed E-state index contributed by atoms with van der Waals surface area (Å²) in [6, 6.07) is 10.1. The number of rotatable bonds is 4. The molecule has 0 saturated heterocycles. The molecule has 25 heavy (non-hydrogen) atoms. The highest BCUT2D eigenvalue weighted by Crippen LogP contribution is 2.02. The number of nitrogen functional groups attached to an aromatic ring is 1. The van der Waals surface area contributed by atoms with Crippen molar-refractivity contribution in [2.24, 2.45) is 0 Å². The predicted molar refractivity (Wildman–Crippen MR) is 96.3 cm³/mol. The summed E-state index contributed by atoms with van der Waals surface area (Å²) in [6.07, 6.45) is 0. The lowest BCUT2D eigenvalue weighted by Gasteiger charge is -2.00.